The van der Waals surface area contributed by atoms with E-state index in [9.17, 15) is 9.59 Å². The van der Waals surface area contributed by atoms with E-state index in [-0.39, 0.29) is 18.5 Å². The van der Waals surface area contributed by atoms with Gasteiger partial charge in [0.1, 0.15) is 10.5 Å². The van der Waals surface area contributed by atoms with Gasteiger partial charge in [0.05, 0.1) is 18.4 Å². The second-order valence-electron chi connectivity index (χ2n) is 6.16. The molecule has 1 saturated carbocycles. The highest BCUT2D eigenvalue weighted by Gasteiger charge is 2.52. The Balaban J connectivity index is 1.53. The van der Waals surface area contributed by atoms with Gasteiger partial charge >= 0.3 is 6.03 Å². The number of nitrogens with one attached hydrogen (secondary N) is 1. The van der Waals surface area contributed by atoms with E-state index < -0.39 is 5.54 Å². The van der Waals surface area contributed by atoms with Crippen LogP contribution in [0.3, 0.4) is 0 Å². The van der Waals surface area contributed by atoms with Crippen LogP contribution in [0.4, 0.5) is 4.79 Å². The van der Waals surface area contributed by atoms with Gasteiger partial charge in [-0.15, -0.1) is 11.3 Å². The molecule has 1 aliphatic carbocycles. The molecule has 0 bridgehead atoms. The van der Waals surface area contributed by atoms with Gasteiger partial charge in [0.15, 0.2) is 0 Å². The van der Waals surface area contributed by atoms with Crippen LogP contribution >= 0.6 is 11.3 Å². The number of hydrogen-bond donors (Lipinski definition) is 1. The number of hydrogen-bond acceptors (Lipinski definition) is 5. The number of nitrogens with zero attached hydrogens (tertiary/aromatic N) is 4. The van der Waals surface area contributed by atoms with E-state index in [1.807, 2.05) is 18.6 Å². The van der Waals surface area contributed by atoms with Crippen LogP contribution in [0.15, 0.2) is 17.8 Å². The van der Waals surface area contributed by atoms with E-state index in [1.54, 1.807) is 10.9 Å². The Bertz CT molecular complexity index is 774. The number of carbonyl (C=O) groups is 2. The molecule has 1 N–H and O–H groups in total. The zero-order chi connectivity index (χ0) is 16.0. The molecule has 2 aromatic rings. The lowest BCUT2D eigenvalue weighted by molar-refractivity contribution is -0.131. The molecule has 0 radical (unpaired) electrons. The molecular formula is C15H17N5O2S. The normalized spacial score (nSPS) is 19.8. The number of urea groups is 1. The SMILES string of the molecule is Cn1cc(-c2nc(CN3C(=O)NC4(CCCC4)C3=O)cs2)cn1. The van der Waals surface area contributed by atoms with Crippen molar-refractivity contribution in [2.24, 2.45) is 7.05 Å². The van der Waals surface area contributed by atoms with Crippen LogP contribution < -0.4 is 5.32 Å². The Morgan fingerprint density at radius 3 is 2.83 bits per heavy atom. The molecule has 2 aliphatic rings. The molecule has 1 aliphatic heterocycles. The van der Waals surface area contributed by atoms with Crippen molar-refractivity contribution in [1.82, 2.24) is 25.0 Å². The van der Waals surface area contributed by atoms with Crippen LogP contribution in [-0.2, 0) is 18.4 Å². The van der Waals surface area contributed by atoms with Crippen LogP contribution in [0.1, 0.15) is 31.4 Å². The van der Waals surface area contributed by atoms with Crippen LogP contribution in [0.25, 0.3) is 10.6 Å². The van der Waals surface area contributed by atoms with Crippen molar-refractivity contribution < 1.29 is 9.59 Å². The van der Waals surface area contributed by atoms with Gasteiger partial charge in [0.2, 0.25) is 0 Å². The number of rotatable bonds is 3. The molecule has 0 atom stereocenters. The molecule has 1 saturated heterocycles. The van der Waals surface area contributed by atoms with E-state index in [4.69, 9.17) is 0 Å². The Morgan fingerprint density at radius 1 is 1.35 bits per heavy atom. The van der Waals surface area contributed by atoms with E-state index in [0.717, 1.165) is 41.9 Å². The van der Waals surface area contributed by atoms with Gasteiger partial charge in [-0.05, 0) is 12.8 Å². The third-order valence-corrected chi connectivity index (χ3v) is 5.47. The third-order valence-electron chi connectivity index (χ3n) is 4.53. The minimum absolute atomic E-state index is 0.101. The first-order valence-corrected chi connectivity index (χ1v) is 8.53. The van der Waals surface area contributed by atoms with E-state index in [1.165, 1.54) is 16.2 Å². The fraction of sp³-hybridized carbons (Fsp3) is 0.467. The standard InChI is InChI=1S/C15H17N5O2S/c1-19-7-10(6-16-19)12-17-11(9-23-12)8-20-13(21)15(18-14(20)22)4-2-3-5-15/h6-7,9H,2-5,8H2,1H3,(H,18,22). The highest BCUT2D eigenvalue weighted by molar-refractivity contribution is 7.13. The molecule has 23 heavy (non-hydrogen) atoms. The number of aromatic nitrogens is 3. The summed E-state index contributed by atoms with van der Waals surface area (Å²) in [6, 6.07) is -0.298. The predicted octanol–water partition coefficient (Wildman–Crippen LogP) is 1.91. The Hall–Kier alpha value is -2.22. The fourth-order valence-electron chi connectivity index (χ4n) is 3.34. The topological polar surface area (TPSA) is 80.1 Å². The summed E-state index contributed by atoms with van der Waals surface area (Å²) in [5.74, 6) is -0.101. The smallest absolute Gasteiger partial charge is 0.323 e. The summed E-state index contributed by atoms with van der Waals surface area (Å²) >= 11 is 1.49. The Morgan fingerprint density at radius 2 is 2.13 bits per heavy atom. The summed E-state index contributed by atoms with van der Waals surface area (Å²) in [6.45, 7) is 0.225. The van der Waals surface area contributed by atoms with Crippen molar-refractivity contribution in [3.05, 3.63) is 23.5 Å². The zero-order valence-electron chi connectivity index (χ0n) is 12.8. The second-order valence-corrected chi connectivity index (χ2v) is 7.02. The van der Waals surface area contributed by atoms with Gasteiger partial charge in [0, 0.05) is 24.2 Å². The molecule has 8 heteroatoms. The first-order valence-electron chi connectivity index (χ1n) is 7.65. The predicted molar refractivity (Wildman–Crippen MR) is 84.6 cm³/mol. The van der Waals surface area contributed by atoms with Crippen LogP contribution in [0, 0.1) is 0 Å². The quantitative estimate of drug-likeness (QED) is 0.871. The number of aryl methyl sites for hydroxylation is 1. The van der Waals surface area contributed by atoms with Crippen LogP contribution in [-0.4, -0.2) is 37.1 Å². The lowest BCUT2D eigenvalue weighted by Gasteiger charge is -2.19. The molecule has 4 rings (SSSR count). The number of amides is 3. The van der Waals surface area contributed by atoms with E-state index in [2.05, 4.69) is 15.4 Å². The molecular weight excluding hydrogens is 314 g/mol. The summed E-state index contributed by atoms with van der Waals surface area (Å²) in [5, 5.41) is 9.76. The summed E-state index contributed by atoms with van der Waals surface area (Å²) in [4.78, 5) is 30.6. The lowest BCUT2D eigenvalue weighted by atomic mass is 9.98. The van der Waals surface area contributed by atoms with Crippen LogP contribution in [0.5, 0.6) is 0 Å². The number of thiazole rings is 1. The Kier molecular flexibility index (Phi) is 3.22. The van der Waals surface area contributed by atoms with Gasteiger partial charge in [-0.3, -0.25) is 14.4 Å². The molecule has 3 heterocycles. The van der Waals surface area contributed by atoms with Gasteiger partial charge in [0.25, 0.3) is 5.91 Å². The van der Waals surface area contributed by atoms with Crippen molar-refractivity contribution >= 4 is 23.3 Å². The molecule has 120 valence electrons. The summed E-state index contributed by atoms with van der Waals surface area (Å²) in [6.07, 6.45) is 7.11. The minimum atomic E-state index is -0.653. The first kappa shape index (κ1) is 14.4. The molecule has 2 aromatic heterocycles. The highest BCUT2D eigenvalue weighted by Crippen LogP contribution is 2.35. The molecule has 3 amide bonds. The van der Waals surface area contributed by atoms with Gasteiger partial charge in [-0.2, -0.15) is 5.10 Å². The monoisotopic (exact) mass is 331 g/mol. The maximum atomic E-state index is 12.6. The molecule has 0 unspecified atom stereocenters. The maximum absolute atomic E-state index is 12.6. The molecule has 2 fully saturated rings. The summed E-state index contributed by atoms with van der Waals surface area (Å²) < 4.78 is 1.72. The second kappa shape index (κ2) is 5.16. The first-order chi connectivity index (χ1) is 11.1. The Labute approximate surface area is 137 Å². The fourth-order valence-corrected chi connectivity index (χ4v) is 4.13. The highest BCUT2D eigenvalue weighted by atomic mass is 32.1. The van der Waals surface area contributed by atoms with Crippen molar-refractivity contribution in [3.8, 4) is 10.6 Å². The third kappa shape index (κ3) is 2.33. The molecule has 1 spiro atoms. The lowest BCUT2D eigenvalue weighted by Crippen LogP contribution is -2.44. The van der Waals surface area contributed by atoms with Gasteiger partial charge < -0.3 is 5.32 Å². The van der Waals surface area contributed by atoms with Crippen molar-refractivity contribution in [2.45, 2.75) is 37.8 Å². The van der Waals surface area contributed by atoms with E-state index in [0.29, 0.717) is 0 Å². The largest absolute Gasteiger partial charge is 0.325 e. The van der Waals surface area contributed by atoms with Gasteiger partial charge in [-0.1, -0.05) is 12.8 Å². The number of carbonyl (C=O) groups excluding carboxylic acids is 2. The zero-order valence-corrected chi connectivity index (χ0v) is 13.6. The molecule has 0 aromatic carbocycles. The van der Waals surface area contributed by atoms with Crippen molar-refractivity contribution in [3.63, 3.8) is 0 Å². The van der Waals surface area contributed by atoms with Crippen molar-refractivity contribution in [2.75, 3.05) is 0 Å². The van der Waals surface area contributed by atoms with Crippen LogP contribution in [0.2, 0.25) is 0 Å². The average molecular weight is 331 g/mol. The minimum Gasteiger partial charge on any atom is -0.323 e. The van der Waals surface area contributed by atoms with Gasteiger partial charge in [-0.25, -0.2) is 9.78 Å². The number of imide groups is 1. The van der Waals surface area contributed by atoms with E-state index >= 15 is 0 Å². The summed E-state index contributed by atoms with van der Waals surface area (Å²) in [7, 11) is 1.85. The molecule has 7 nitrogen and oxygen atoms in total. The van der Waals surface area contributed by atoms with Crippen molar-refractivity contribution in [1.29, 1.82) is 0 Å². The maximum Gasteiger partial charge on any atom is 0.325 e. The average Bonchev–Trinajstić information content (AvgIpc) is 3.26. The summed E-state index contributed by atoms with van der Waals surface area (Å²) in [5.41, 5.74) is 1.01.